The molecule has 0 aliphatic heterocycles. The number of thioether (sulfide) groups is 1. The van der Waals surface area contributed by atoms with E-state index in [0.29, 0.717) is 33.2 Å². The highest BCUT2D eigenvalue weighted by Crippen LogP contribution is 2.23. The smallest absolute Gasteiger partial charge is 0.258 e. The Labute approximate surface area is 223 Å². The molecule has 0 unspecified atom stereocenters. The number of hydrogen-bond donors (Lipinski definition) is 2. The summed E-state index contributed by atoms with van der Waals surface area (Å²) >= 11 is 7.11. The summed E-state index contributed by atoms with van der Waals surface area (Å²) in [5.74, 6) is 1.39. The van der Waals surface area contributed by atoms with Gasteiger partial charge in [-0.25, -0.2) is 0 Å². The molecule has 1 heterocycles. The number of anilines is 1. The maximum absolute atomic E-state index is 12.5. The first-order valence-corrected chi connectivity index (χ1v) is 12.6. The Kier molecular flexibility index (Phi) is 9.01. The van der Waals surface area contributed by atoms with Gasteiger partial charge in [-0.15, -0.1) is 10.2 Å². The summed E-state index contributed by atoms with van der Waals surface area (Å²) < 4.78 is 12.4. The Morgan fingerprint density at radius 3 is 2.32 bits per heavy atom. The molecule has 1 aromatic heterocycles. The highest BCUT2D eigenvalue weighted by atomic mass is 35.5. The van der Waals surface area contributed by atoms with E-state index < -0.39 is 0 Å². The summed E-state index contributed by atoms with van der Waals surface area (Å²) in [6.45, 7) is -0.0302. The van der Waals surface area contributed by atoms with Crippen molar-refractivity contribution in [2.45, 2.75) is 11.7 Å². The van der Waals surface area contributed by atoms with Crippen LogP contribution in [0.5, 0.6) is 11.5 Å². The van der Waals surface area contributed by atoms with E-state index in [-0.39, 0.29) is 30.7 Å². The van der Waals surface area contributed by atoms with Crippen molar-refractivity contribution in [2.24, 2.45) is 0 Å². The number of halogens is 1. The van der Waals surface area contributed by atoms with Crippen LogP contribution < -0.4 is 20.1 Å². The molecule has 0 fully saturated rings. The molecule has 3 aromatic carbocycles. The summed E-state index contributed by atoms with van der Waals surface area (Å²) in [4.78, 5) is 24.9. The number of carbonyl (C=O) groups is 2. The van der Waals surface area contributed by atoms with Crippen LogP contribution in [0.25, 0.3) is 5.69 Å². The third kappa shape index (κ3) is 7.48. The number of nitrogens with zero attached hydrogens (tertiary/aromatic N) is 3. The van der Waals surface area contributed by atoms with Crippen molar-refractivity contribution >= 4 is 40.9 Å². The van der Waals surface area contributed by atoms with E-state index in [0.717, 1.165) is 5.69 Å². The molecule has 4 rings (SSSR count). The molecule has 0 atom stereocenters. The van der Waals surface area contributed by atoms with E-state index in [1.54, 1.807) is 55.6 Å². The minimum absolute atomic E-state index is 0.123. The van der Waals surface area contributed by atoms with Crippen LogP contribution >= 0.6 is 23.4 Å². The van der Waals surface area contributed by atoms with E-state index >= 15 is 0 Å². The molecule has 190 valence electrons. The third-order valence-electron chi connectivity index (χ3n) is 5.05. The molecule has 37 heavy (non-hydrogen) atoms. The Hall–Kier alpha value is -4.02. The maximum Gasteiger partial charge on any atom is 0.258 e. The van der Waals surface area contributed by atoms with E-state index in [9.17, 15) is 9.59 Å². The van der Waals surface area contributed by atoms with Crippen molar-refractivity contribution in [1.82, 2.24) is 20.1 Å². The van der Waals surface area contributed by atoms with Crippen LogP contribution in [-0.4, -0.2) is 46.0 Å². The zero-order chi connectivity index (χ0) is 26.0. The number of para-hydroxylation sites is 1. The summed E-state index contributed by atoms with van der Waals surface area (Å²) in [5, 5.41) is 15.3. The molecule has 0 saturated heterocycles. The maximum atomic E-state index is 12.5. The number of ether oxygens (including phenoxy) is 2. The molecular weight excluding hydrogens is 514 g/mol. The van der Waals surface area contributed by atoms with Gasteiger partial charge in [0.2, 0.25) is 5.91 Å². The van der Waals surface area contributed by atoms with Crippen molar-refractivity contribution in [3.05, 3.63) is 89.7 Å². The van der Waals surface area contributed by atoms with Gasteiger partial charge in [-0.05, 0) is 60.7 Å². The molecule has 2 amide bonds. The van der Waals surface area contributed by atoms with Crippen LogP contribution in [0.3, 0.4) is 0 Å². The van der Waals surface area contributed by atoms with Gasteiger partial charge in [0.25, 0.3) is 5.91 Å². The summed E-state index contributed by atoms with van der Waals surface area (Å²) in [6.07, 6.45) is 0. The number of aromatic nitrogens is 3. The number of benzene rings is 3. The van der Waals surface area contributed by atoms with Gasteiger partial charge in [0, 0.05) is 16.4 Å². The van der Waals surface area contributed by atoms with Gasteiger partial charge in [0.15, 0.2) is 17.6 Å². The fourth-order valence-corrected chi connectivity index (χ4v) is 4.15. The predicted molar refractivity (Wildman–Crippen MR) is 143 cm³/mol. The summed E-state index contributed by atoms with van der Waals surface area (Å²) in [5.41, 5.74) is 1.48. The normalized spacial score (nSPS) is 10.5. The fraction of sp³-hybridized carbons (Fsp3) is 0.154. The van der Waals surface area contributed by atoms with Gasteiger partial charge in [-0.3, -0.25) is 14.2 Å². The van der Waals surface area contributed by atoms with Crippen molar-refractivity contribution < 1.29 is 19.1 Å². The van der Waals surface area contributed by atoms with Gasteiger partial charge in [0.1, 0.15) is 11.5 Å². The van der Waals surface area contributed by atoms with Crippen molar-refractivity contribution in [3.63, 3.8) is 0 Å². The van der Waals surface area contributed by atoms with Crippen molar-refractivity contribution in [2.75, 3.05) is 24.8 Å². The van der Waals surface area contributed by atoms with E-state index in [1.807, 2.05) is 34.9 Å². The predicted octanol–water partition coefficient (Wildman–Crippen LogP) is 4.36. The molecule has 4 aromatic rings. The molecule has 0 aliphatic rings. The monoisotopic (exact) mass is 537 g/mol. The second-order valence-corrected chi connectivity index (χ2v) is 9.03. The minimum atomic E-state index is -0.314. The Balaban J connectivity index is 1.38. The van der Waals surface area contributed by atoms with Crippen molar-refractivity contribution in [1.29, 1.82) is 0 Å². The summed E-state index contributed by atoms with van der Waals surface area (Å²) in [7, 11) is 1.59. The van der Waals surface area contributed by atoms with E-state index in [1.165, 1.54) is 11.8 Å². The van der Waals surface area contributed by atoms with Crippen LogP contribution in [0.2, 0.25) is 5.02 Å². The van der Waals surface area contributed by atoms with Gasteiger partial charge in [-0.2, -0.15) is 0 Å². The number of amides is 2. The molecule has 11 heteroatoms. The largest absolute Gasteiger partial charge is 0.497 e. The Morgan fingerprint density at radius 1 is 0.919 bits per heavy atom. The SMILES string of the molecule is COc1ccc(NC(=O)CSc2nnc(CNC(=O)COc3ccc(Cl)cc3)n2-c2ccccc2)cc1. The van der Waals surface area contributed by atoms with Gasteiger partial charge >= 0.3 is 0 Å². The molecule has 0 radical (unpaired) electrons. The molecular formula is C26H24ClN5O4S. The lowest BCUT2D eigenvalue weighted by Gasteiger charge is -2.11. The van der Waals surface area contributed by atoms with Crippen LogP contribution in [0.1, 0.15) is 5.82 Å². The molecule has 0 bridgehead atoms. The number of hydrogen-bond acceptors (Lipinski definition) is 7. The molecule has 0 saturated carbocycles. The second-order valence-electron chi connectivity index (χ2n) is 7.65. The zero-order valence-corrected chi connectivity index (χ0v) is 21.5. The highest BCUT2D eigenvalue weighted by molar-refractivity contribution is 7.99. The molecule has 0 aliphatic carbocycles. The Bertz CT molecular complexity index is 1330. The van der Waals surface area contributed by atoms with Gasteiger partial charge in [-0.1, -0.05) is 41.6 Å². The first-order valence-electron chi connectivity index (χ1n) is 11.2. The molecule has 2 N–H and O–H groups in total. The number of methoxy groups -OCH3 is 1. The third-order valence-corrected chi connectivity index (χ3v) is 6.23. The average Bonchev–Trinajstić information content (AvgIpc) is 3.34. The number of rotatable bonds is 11. The topological polar surface area (TPSA) is 107 Å². The fourth-order valence-electron chi connectivity index (χ4n) is 3.25. The minimum Gasteiger partial charge on any atom is -0.497 e. The van der Waals surface area contributed by atoms with Crippen LogP contribution in [0.15, 0.2) is 84.0 Å². The average molecular weight is 538 g/mol. The molecule has 9 nitrogen and oxygen atoms in total. The van der Waals surface area contributed by atoms with Crippen LogP contribution in [0.4, 0.5) is 5.69 Å². The lowest BCUT2D eigenvalue weighted by Crippen LogP contribution is -2.29. The van der Waals surface area contributed by atoms with Crippen LogP contribution in [-0.2, 0) is 16.1 Å². The molecule has 0 spiro atoms. The number of carbonyl (C=O) groups excluding carboxylic acids is 2. The van der Waals surface area contributed by atoms with E-state index in [2.05, 4.69) is 20.8 Å². The Morgan fingerprint density at radius 2 is 1.62 bits per heavy atom. The van der Waals surface area contributed by atoms with Crippen molar-refractivity contribution in [3.8, 4) is 17.2 Å². The summed E-state index contributed by atoms with van der Waals surface area (Å²) in [6, 6.07) is 23.3. The quantitative estimate of drug-likeness (QED) is 0.274. The highest BCUT2D eigenvalue weighted by Gasteiger charge is 2.17. The standard InChI is InChI=1S/C26H24ClN5O4S/c1-35-21-13-9-19(10-14-21)29-25(34)17-37-26-31-30-23(32(26)20-5-3-2-4-6-20)15-28-24(33)16-36-22-11-7-18(27)8-12-22/h2-14H,15-17H2,1H3,(H,28,33)(H,29,34). The first kappa shape index (κ1) is 26.1. The zero-order valence-electron chi connectivity index (χ0n) is 19.9. The second kappa shape index (κ2) is 12.8. The van der Waals surface area contributed by atoms with Gasteiger partial charge in [0.05, 0.1) is 19.4 Å². The lowest BCUT2D eigenvalue weighted by atomic mass is 10.3. The first-order chi connectivity index (χ1) is 18.0. The van der Waals surface area contributed by atoms with Gasteiger partial charge < -0.3 is 20.1 Å². The number of nitrogens with one attached hydrogen (secondary N) is 2. The van der Waals surface area contributed by atoms with Crippen LogP contribution in [0, 0.1) is 0 Å². The lowest BCUT2D eigenvalue weighted by molar-refractivity contribution is -0.123. The van der Waals surface area contributed by atoms with E-state index in [4.69, 9.17) is 21.1 Å².